The summed E-state index contributed by atoms with van der Waals surface area (Å²) >= 11 is 10.3. The zero-order valence-electron chi connectivity index (χ0n) is 9.83. The summed E-state index contributed by atoms with van der Waals surface area (Å²) in [6.45, 7) is 0. The lowest BCUT2D eigenvalue weighted by Gasteiger charge is -2.08. The third-order valence-corrected chi connectivity index (χ3v) is 11.6. The Kier molecular flexibility index (Phi) is 3.89. The second kappa shape index (κ2) is 5.55. The van der Waals surface area contributed by atoms with Gasteiger partial charge in [0.1, 0.15) is 0 Å². The molecular weight excluding hydrogens is 369 g/mol. The van der Waals surface area contributed by atoms with Gasteiger partial charge >= 0.3 is 0 Å². The van der Waals surface area contributed by atoms with E-state index in [4.69, 9.17) is 0 Å². The molecule has 0 saturated carbocycles. The van der Waals surface area contributed by atoms with Crippen LogP contribution in [0.3, 0.4) is 0 Å². The fraction of sp³-hybridized carbons (Fsp3) is 0.167. The van der Waals surface area contributed by atoms with Crippen molar-refractivity contribution in [3.05, 3.63) is 38.9 Å². The fourth-order valence-corrected chi connectivity index (χ4v) is 10.6. The molecule has 3 heterocycles. The van der Waals surface area contributed by atoms with Gasteiger partial charge in [0, 0.05) is 11.5 Å². The minimum Gasteiger partial charge on any atom is -0.289 e. The lowest BCUT2D eigenvalue weighted by atomic mass is 10.2. The molecule has 0 atom stereocenters. The number of carbonyl (C=O) groups is 2. The first-order chi connectivity index (χ1) is 9.72. The molecule has 20 heavy (non-hydrogen) atoms. The summed E-state index contributed by atoms with van der Waals surface area (Å²) in [6, 6.07) is 0. The van der Waals surface area contributed by atoms with Crippen molar-refractivity contribution in [2.45, 2.75) is 0 Å². The van der Waals surface area contributed by atoms with Gasteiger partial charge in [0.25, 0.3) is 0 Å². The second-order valence-corrected chi connectivity index (χ2v) is 11.3. The number of carbonyl (C=O) groups excluding carboxylic acids is 2. The van der Waals surface area contributed by atoms with E-state index in [9.17, 15) is 9.59 Å². The maximum atomic E-state index is 11.8. The van der Waals surface area contributed by atoms with Crippen LogP contribution in [0.25, 0.3) is 0 Å². The molecule has 0 bridgehead atoms. The van der Waals surface area contributed by atoms with E-state index < -0.39 is 0 Å². The van der Waals surface area contributed by atoms with Crippen LogP contribution < -0.4 is 0 Å². The van der Waals surface area contributed by atoms with Gasteiger partial charge in [-0.3, -0.25) is 9.59 Å². The molecule has 0 aromatic heterocycles. The third-order valence-electron chi connectivity index (χ3n) is 2.68. The van der Waals surface area contributed by atoms with Gasteiger partial charge in [-0.2, -0.15) is 0 Å². The van der Waals surface area contributed by atoms with E-state index in [0.717, 1.165) is 15.7 Å². The smallest absolute Gasteiger partial charge is 0.193 e. The molecule has 3 aliphatic heterocycles. The minimum absolute atomic E-state index is 0.0397. The molecule has 2 nitrogen and oxygen atoms in total. The van der Waals surface area contributed by atoms with Gasteiger partial charge in [-0.15, -0.1) is 23.5 Å². The van der Waals surface area contributed by atoms with E-state index in [1.807, 2.05) is 23.5 Å². The molecule has 8 heteroatoms. The van der Waals surface area contributed by atoms with Crippen molar-refractivity contribution in [2.24, 2.45) is 0 Å². The maximum absolute atomic E-state index is 11.8. The largest absolute Gasteiger partial charge is 0.289 e. The first-order valence-corrected chi connectivity index (χ1v) is 10.9. The van der Waals surface area contributed by atoms with Crippen LogP contribution in [0.1, 0.15) is 0 Å². The van der Waals surface area contributed by atoms with E-state index in [2.05, 4.69) is 0 Å². The van der Waals surface area contributed by atoms with E-state index in [1.165, 1.54) is 48.4 Å². The summed E-state index contributed by atoms with van der Waals surface area (Å²) in [4.78, 5) is 24.9. The minimum atomic E-state index is -0.0397. The summed E-state index contributed by atoms with van der Waals surface area (Å²) in [5.74, 6) is 2.25. The van der Waals surface area contributed by atoms with Crippen molar-refractivity contribution < 1.29 is 9.59 Å². The second-order valence-electron chi connectivity index (χ2n) is 3.98. The third kappa shape index (κ3) is 2.38. The summed E-state index contributed by atoms with van der Waals surface area (Å²) < 4.78 is 5.08. The van der Waals surface area contributed by atoms with Gasteiger partial charge in [0.05, 0.1) is 26.8 Å². The number of hydrogen-bond donors (Lipinski definition) is 0. The topological polar surface area (TPSA) is 34.1 Å². The number of thioether (sulfide) groups is 6. The Morgan fingerprint density at radius 2 is 1.10 bits per heavy atom. The number of ketones is 2. The Hall–Kier alpha value is 0.400. The van der Waals surface area contributed by atoms with Gasteiger partial charge in [0.15, 0.2) is 11.6 Å². The van der Waals surface area contributed by atoms with Crippen molar-refractivity contribution in [3.8, 4) is 0 Å². The van der Waals surface area contributed by atoms with Gasteiger partial charge in [-0.05, 0) is 12.2 Å². The quantitative estimate of drug-likeness (QED) is 0.569. The Labute approximate surface area is 141 Å². The van der Waals surface area contributed by atoms with Gasteiger partial charge in [0.2, 0.25) is 0 Å². The van der Waals surface area contributed by atoms with E-state index in [1.54, 1.807) is 23.5 Å². The predicted octanol–water partition coefficient (Wildman–Crippen LogP) is 4.60. The first kappa shape index (κ1) is 14.0. The summed E-state index contributed by atoms with van der Waals surface area (Å²) in [5, 5.41) is 0. The highest BCUT2D eigenvalue weighted by atomic mass is 32.3. The Morgan fingerprint density at radius 3 is 1.60 bits per heavy atom. The normalized spacial score (nSPS) is 25.8. The molecule has 0 unspecified atom stereocenters. The molecule has 1 aliphatic carbocycles. The molecule has 4 rings (SSSR count). The summed E-state index contributed by atoms with van der Waals surface area (Å²) in [7, 11) is 0. The zero-order chi connectivity index (χ0) is 13.7. The SMILES string of the molecule is O=C1C=CC(=O)C2=C1SC(=C1SC3=C(SCCS3)S1)S2. The average Bonchev–Trinajstić information content (AvgIpc) is 3.06. The van der Waals surface area contributed by atoms with Crippen LogP contribution >= 0.6 is 70.6 Å². The van der Waals surface area contributed by atoms with E-state index in [0.29, 0.717) is 9.81 Å². The molecule has 0 aromatic rings. The standard InChI is InChI=1S/C12H6O2S6/c13-5-1-2-6(14)8-7(5)17-11(18-8)12-19-9-10(20-12)16-4-3-15-9/h1-2H,3-4H2. The van der Waals surface area contributed by atoms with Crippen LogP contribution in [-0.4, -0.2) is 23.1 Å². The zero-order valence-corrected chi connectivity index (χ0v) is 14.7. The highest BCUT2D eigenvalue weighted by molar-refractivity contribution is 8.43. The molecule has 0 spiro atoms. The lowest BCUT2D eigenvalue weighted by molar-refractivity contribution is -0.114. The maximum Gasteiger partial charge on any atom is 0.193 e. The Morgan fingerprint density at radius 1 is 0.650 bits per heavy atom. The predicted molar refractivity (Wildman–Crippen MR) is 95.5 cm³/mol. The molecule has 0 fully saturated rings. The first-order valence-electron chi connectivity index (χ1n) is 5.69. The molecular formula is C12H6O2S6. The lowest BCUT2D eigenvalue weighted by Crippen LogP contribution is -2.07. The van der Waals surface area contributed by atoms with Crippen molar-refractivity contribution >= 4 is 82.1 Å². The van der Waals surface area contributed by atoms with Crippen LogP contribution in [0.4, 0.5) is 0 Å². The fourth-order valence-electron chi connectivity index (χ4n) is 1.81. The van der Waals surface area contributed by atoms with Crippen LogP contribution in [0.5, 0.6) is 0 Å². The highest BCUT2D eigenvalue weighted by Gasteiger charge is 2.36. The molecule has 102 valence electrons. The molecule has 0 saturated heterocycles. The Bertz CT molecular complexity index is 617. The molecule has 0 amide bonds. The average molecular weight is 375 g/mol. The highest BCUT2D eigenvalue weighted by Crippen LogP contribution is 2.65. The van der Waals surface area contributed by atoms with Crippen molar-refractivity contribution in [1.29, 1.82) is 0 Å². The van der Waals surface area contributed by atoms with Crippen LogP contribution in [-0.2, 0) is 9.59 Å². The molecule has 0 radical (unpaired) electrons. The summed E-state index contributed by atoms with van der Waals surface area (Å²) in [5.41, 5.74) is 0. The number of rotatable bonds is 0. The van der Waals surface area contributed by atoms with Crippen LogP contribution in [0.2, 0.25) is 0 Å². The molecule has 0 aromatic carbocycles. The molecule has 0 N–H and O–H groups in total. The van der Waals surface area contributed by atoms with E-state index in [-0.39, 0.29) is 11.6 Å². The van der Waals surface area contributed by atoms with Crippen molar-refractivity contribution in [3.63, 3.8) is 0 Å². The van der Waals surface area contributed by atoms with Crippen LogP contribution in [0, 0.1) is 0 Å². The van der Waals surface area contributed by atoms with Crippen LogP contribution in [0.15, 0.2) is 38.9 Å². The number of hydrogen-bond acceptors (Lipinski definition) is 8. The number of allylic oxidation sites excluding steroid dienone is 4. The van der Waals surface area contributed by atoms with Gasteiger partial charge in [-0.1, -0.05) is 47.0 Å². The Balaban J connectivity index is 1.60. The van der Waals surface area contributed by atoms with Gasteiger partial charge < -0.3 is 0 Å². The summed E-state index contributed by atoms with van der Waals surface area (Å²) in [6.07, 6.45) is 2.76. The van der Waals surface area contributed by atoms with Crippen molar-refractivity contribution in [1.82, 2.24) is 0 Å². The van der Waals surface area contributed by atoms with E-state index >= 15 is 0 Å². The monoisotopic (exact) mass is 374 g/mol. The van der Waals surface area contributed by atoms with Gasteiger partial charge in [-0.25, -0.2) is 0 Å². The van der Waals surface area contributed by atoms with Crippen molar-refractivity contribution in [2.75, 3.05) is 11.5 Å². The molecule has 4 aliphatic rings.